The number of amides is 1. The van der Waals surface area contributed by atoms with Crippen LogP contribution in [0.4, 0.5) is 4.39 Å². The highest BCUT2D eigenvalue weighted by atomic mass is 19.1. The Hall–Kier alpha value is -3.15. The van der Waals surface area contributed by atoms with Gasteiger partial charge in [-0.25, -0.2) is 9.37 Å². The number of para-hydroxylation sites is 1. The zero-order valence-corrected chi connectivity index (χ0v) is 14.1. The highest BCUT2D eigenvalue weighted by Crippen LogP contribution is 2.21. The van der Waals surface area contributed by atoms with E-state index < -0.39 is 0 Å². The number of likely N-dealkylation sites (tertiary alicyclic amines) is 1. The minimum atomic E-state index is -0.228. The number of hydrogen-bond acceptors (Lipinski definition) is 4. The Bertz CT molecular complexity index is 992. The van der Waals surface area contributed by atoms with Crippen molar-refractivity contribution in [2.75, 3.05) is 13.1 Å². The molecule has 0 aliphatic carbocycles. The van der Waals surface area contributed by atoms with Crippen molar-refractivity contribution in [1.82, 2.24) is 20.1 Å². The molecular weight excluding hydrogens is 331 g/mol. The van der Waals surface area contributed by atoms with Gasteiger partial charge in [0.1, 0.15) is 11.3 Å². The number of aromatic nitrogens is 3. The van der Waals surface area contributed by atoms with Crippen molar-refractivity contribution in [3.8, 4) is 0 Å². The number of hydrogen-bond donors (Lipinski definition) is 0. The first-order chi connectivity index (χ1) is 12.7. The molecule has 4 rings (SSSR count). The van der Waals surface area contributed by atoms with E-state index in [1.54, 1.807) is 17.0 Å². The van der Waals surface area contributed by atoms with Crippen molar-refractivity contribution in [3.63, 3.8) is 0 Å². The molecule has 0 spiro atoms. The van der Waals surface area contributed by atoms with Crippen LogP contribution in [-0.4, -0.2) is 39.1 Å². The van der Waals surface area contributed by atoms with Gasteiger partial charge < -0.3 is 4.90 Å². The third-order valence-electron chi connectivity index (χ3n) is 4.51. The summed E-state index contributed by atoms with van der Waals surface area (Å²) in [6.07, 6.45) is 3.30. The Morgan fingerprint density at radius 2 is 1.65 bits per heavy atom. The van der Waals surface area contributed by atoms with Gasteiger partial charge in [-0.1, -0.05) is 42.0 Å². The summed E-state index contributed by atoms with van der Waals surface area (Å²) < 4.78 is 13.8. The summed E-state index contributed by atoms with van der Waals surface area (Å²) in [5, 5.41) is 8.03. The molecular formula is C20H17FN4O. The fourth-order valence-corrected chi connectivity index (χ4v) is 3.07. The van der Waals surface area contributed by atoms with E-state index in [0.717, 1.165) is 5.57 Å². The van der Waals surface area contributed by atoms with Crippen LogP contribution in [0.15, 0.2) is 54.1 Å². The maximum Gasteiger partial charge on any atom is 0.293 e. The highest BCUT2D eigenvalue weighted by molar-refractivity contribution is 5.92. The standard InChI is InChI=1S/C20H17FN4O/c21-16-6-2-1-5-15(16)13-14-9-11-25(12-10-14)20(26)19-22-17-7-3-4-8-18(17)23-24-19/h1-8,13H,9-12H2. The van der Waals surface area contributed by atoms with Gasteiger partial charge in [0, 0.05) is 18.7 Å². The monoisotopic (exact) mass is 348 g/mol. The number of nitrogens with zero attached hydrogens (tertiary/aromatic N) is 4. The molecule has 1 aliphatic rings. The fraction of sp³-hybridized carbons (Fsp3) is 0.200. The lowest BCUT2D eigenvalue weighted by Crippen LogP contribution is -2.37. The Morgan fingerprint density at radius 3 is 2.42 bits per heavy atom. The minimum Gasteiger partial charge on any atom is -0.335 e. The summed E-state index contributed by atoms with van der Waals surface area (Å²) in [5.74, 6) is -0.326. The van der Waals surface area contributed by atoms with E-state index in [-0.39, 0.29) is 17.5 Å². The van der Waals surface area contributed by atoms with Gasteiger partial charge in [0.2, 0.25) is 5.82 Å². The maximum absolute atomic E-state index is 13.8. The van der Waals surface area contributed by atoms with E-state index in [9.17, 15) is 9.18 Å². The lowest BCUT2D eigenvalue weighted by Gasteiger charge is -2.27. The second-order valence-electron chi connectivity index (χ2n) is 6.24. The van der Waals surface area contributed by atoms with Crippen LogP contribution in [0.2, 0.25) is 0 Å². The van der Waals surface area contributed by atoms with Gasteiger partial charge >= 0.3 is 0 Å². The van der Waals surface area contributed by atoms with E-state index in [0.29, 0.717) is 42.5 Å². The van der Waals surface area contributed by atoms with Crippen molar-refractivity contribution >= 4 is 23.0 Å². The van der Waals surface area contributed by atoms with Crippen LogP contribution in [0, 0.1) is 5.82 Å². The molecule has 1 amide bonds. The topological polar surface area (TPSA) is 59.0 Å². The summed E-state index contributed by atoms with van der Waals surface area (Å²) in [5.41, 5.74) is 3.04. The molecule has 6 heteroatoms. The van der Waals surface area contributed by atoms with Crippen molar-refractivity contribution in [1.29, 1.82) is 0 Å². The Morgan fingerprint density at radius 1 is 0.962 bits per heavy atom. The van der Waals surface area contributed by atoms with Crippen LogP contribution in [0.1, 0.15) is 29.0 Å². The lowest BCUT2D eigenvalue weighted by molar-refractivity contribution is 0.0730. The van der Waals surface area contributed by atoms with Crippen molar-refractivity contribution < 1.29 is 9.18 Å². The number of fused-ring (bicyclic) bond motifs is 1. The predicted molar refractivity (Wildman–Crippen MR) is 96.8 cm³/mol. The maximum atomic E-state index is 13.8. The second-order valence-corrected chi connectivity index (χ2v) is 6.24. The molecule has 26 heavy (non-hydrogen) atoms. The fourth-order valence-electron chi connectivity index (χ4n) is 3.07. The van der Waals surface area contributed by atoms with Gasteiger partial charge in [-0.3, -0.25) is 4.79 Å². The third kappa shape index (κ3) is 3.31. The number of carbonyl (C=O) groups excluding carboxylic acids is 1. The summed E-state index contributed by atoms with van der Waals surface area (Å²) in [6.45, 7) is 1.13. The van der Waals surface area contributed by atoms with Gasteiger partial charge in [-0.05, 0) is 31.0 Å². The zero-order chi connectivity index (χ0) is 17.9. The average Bonchev–Trinajstić information content (AvgIpc) is 2.69. The molecule has 1 aromatic heterocycles. The lowest BCUT2D eigenvalue weighted by atomic mass is 10.0. The van der Waals surface area contributed by atoms with Crippen LogP contribution in [0.5, 0.6) is 0 Å². The molecule has 2 aromatic carbocycles. The van der Waals surface area contributed by atoms with Gasteiger partial charge in [0.15, 0.2) is 0 Å². The smallest absolute Gasteiger partial charge is 0.293 e. The normalized spacial score (nSPS) is 14.5. The molecule has 1 fully saturated rings. The van der Waals surface area contributed by atoms with E-state index >= 15 is 0 Å². The number of rotatable bonds is 2. The van der Waals surface area contributed by atoms with Crippen molar-refractivity contribution in [3.05, 3.63) is 71.3 Å². The minimum absolute atomic E-state index is 0.116. The first-order valence-corrected chi connectivity index (χ1v) is 8.53. The largest absolute Gasteiger partial charge is 0.335 e. The quantitative estimate of drug-likeness (QED) is 0.711. The first kappa shape index (κ1) is 16.3. The second kappa shape index (κ2) is 7.00. The summed E-state index contributed by atoms with van der Waals surface area (Å²) in [7, 11) is 0. The van der Waals surface area contributed by atoms with E-state index in [1.807, 2.05) is 36.4 Å². The average molecular weight is 348 g/mol. The zero-order valence-electron chi connectivity index (χ0n) is 14.1. The number of carbonyl (C=O) groups is 1. The SMILES string of the molecule is O=C(c1nnc2ccccc2n1)N1CCC(=Cc2ccccc2F)CC1. The van der Waals surface area contributed by atoms with Crippen molar-refractivity contribution in [2.45, 2.75) is 12.8 Å². The summed E-state index contributed by atoms with van der Waals surface area (Å²) in [4.78, 5) is 18.7. The molecule has 1 saturated heterocycles. The molecule has 1 aliphatic heterocycles. The molecule has 0 radical (unpaired) electrons. The van der Waals surface area contributed by atoms with Gasteiger partial charge in [0.05, 0.1) is 5.52 Å². The Labute approximate surface area is 150 Å². The van der Waals surface area contributed by atoms with Gasteiger partial charge in [0.25, 0.3) is 5.91 Å². The summed E-state index contributed by atoms with van der Waals surface area (Å²) >= 11 is 0. The molecule has 0 saturated carbocycles. The molecule has 0 atom stereocenters. The van der Waals surface area contributed by atoms with Gasteiger partial charge in [-0.15, -0.1) is 10.2 Å². The van der Waals surface area contributed by atoms with Crippen molar-refractivity contribution in [2.24, 2.45) is 0 Å². The molecule has 0 bridgehead atoms. The van der Waals surface area contributed by atoms with Crippen LogP contribution in [0.25, 0.3) is 17.1 Å². The Balaban J connectivity index is 1.47. The van der Waals surface area contributed by atoms with Crippen LogP contribution >= 0.6 is 0 Å². The highest BCUT2D eigenvalue weighted by Gasteiger charge is 2.23. The van der Waals surface area contributed by atoms with Crippen LogP contribution < -0.4 is 0 Å². The number of halogens is 1. The molecule has 130 valence electrons. The van der Waals surface area contributed by atoms with E-state index in [4.69, 9.17) is 0 Å². The predicted octanol–water partition coefficient (Wildman–Crippen LogP) is 3.48. The van der Waals surface area contributed by atoms with E-state index in [1.165, 1.54) is 6.07 Å². The molecule has 0 N–H and O–H groups in total. The summed E-state index contributed by atoms with van der Waals surface area (Å²) in [6, 6.07) is 14.0. The first-order valence-electron chi connectivity index (χ1n) is 8.53. The molecule has 2 heterocycles. The van der Waals surface area contributed by atoms with E-state index in [2.05, 4.69) is 15.2 Å². The van der Waals surface area contributed by atoms with Crippen LogP contribution in [0.3, 0.4) is 0 Å². The Kier molecular flexibility index (Phi) is 4.39. The van der Waals surface area contributed by atoms with Gasteiger partial charge in [-0.2, -0.15) is 0 Å². The molecule has 0 unspecified atom stereocenters. The molecule has 3 aromatic rings. The molecule has 5 nitrogen and oxygen atoms in total. The third-order valence-corrected chi connectivity index (χ3v) is 4.51. The number of piperidine rings is 1. The van der Waals surface area contributed by atoms with Crippen LogP contribution in [-0.2, 0) is 0 Å². The number of benzene rings is 2.